The van der Waals surface area contributed by atoms with Crippen LogP contribution in [0.5, 0.6) is 0 Å². The molecule has 0 aromatic heterocycles. The summed E-state index contributed by atoms with van der Waals surface area (Å²) < 4.78 is 0.523. The van der Waals surface area contributed by atoms with Crippen molar-refractivity contribution in [1.29, 1.82) is 0 Å². The van der Waals surface area contributed by atoms with E-state index in [-0.39, 0.29) is 0 Å². The second-order valence-electron chi connectivity index (χ2n) is 6.17. The van der Waals surface area contributed by atoms with Gasteiger partial charge in [0.2, 0.25) is 0 Å². The first-order valence-corrected chi connectivity index (χ1v) is 12.1. The SMILES string of the molecule is BrCCCCCCCCCCCCCCCCCC(Br)Br. The summed E-state index contributed by atoms with van der Waals surface area (Å²) in [6.07, 6.45) is 22.8. The van der Waals surface area contributed by atoms with Gasteiger partial charge in [-0.2, -0.15) is 0 Å². The topological polar surface area (TPSA) is 0 Å². The molecule has 0 nitrogen and oxygen atoms in total. The zero-order valence-corrected chi connectivity index (χ0v) is 18.5. The average Bonchev–Trinajstić information content (AvgIpc) is 2.46. The first kappa shape index (κ1) is 22.4. The number of hydrogen-bond donors (Lipinski definition) is 0. The van der Waals surface area contributed by atoms with Gasteiger partial charge in [-0.15, -0.1) is 0 Å². The van der Waals surface area contributed by atoms with E-state index in [4.69, 9.17) is 0 Å². The maximum atomic E-state index is 3.53. The van der Waals surface area contributed by atoms with Gasteiger partial charge < -0.3 is 0 Å². The lowest BCUT2D eigenvalue weighted by Crippen LogP contribution is -1.86. The average molecular weight is 491 g/mol. The van der Waals surface area contributed by atoms with E-state index >= 15 is 0 Å². The first-order valence-electron chi connectivity index (χ1n) is 9.11. The smallest absolute Gasteiger partial charge is 0.0697 e. The zero-order chi connectivity index (χ0) is 15.6. The van der Waals surface area contributed by atoms with Gasteiger partial charge in [0.1, 0.15) is 0 Å². The van der Waals surface area contributed by atoms with E-state index in [1.807, 2.05) is 0 Å². The molecule has 0 aliphatic rings. The summed E-state index contributed by atoms with van der Waals surface area (Å²) in [7, 11) is 0. The molecular weight excluding hydrogens is 456 g/mol. The van der Waals surface area contributed by atoms with Crippen molar-refractivity contribution in [3.05, 3.63) is 0 Å². The van der Waals surface area contributed by atoms with Crippen LogP contribution >= 0.6 is 47.8 Å². The van der Waals surface area contributed by atoms with Crippen molar-refractivity contribution in [2.75, 3.05) is 5.33 Å². The largest absolute Gasteiger partial charge is 0.0928 e. The van der Waals surface area contributed by atoms with Crippen LogP contribution in [-0.4, -0.2) is 9.07 Å². The third kappa shape index (κ3) is 21.4. The third-order valence-electron chi connectivity index (χ3n) is 4.06. The van der Waals surface area contributed by atoms with Crippen molar-refractivity contribution in [3.8, 4) is 0 Å². The molecule has 0 N–H and O–H groups in total. The summed E-state index contributed by atoms with van der Waals surface area (Å²) in [4.78, 5) is 0. The Balaban J connectivity index is 2.93. The first-order chi connectivity index (χ1) is 10.3. The minimum Gasteiger partial charge on any atom is -0.0928 e. The molecule has 0 heterocycles. The van der Waals surface area contributed by atoms with Crippen molar-refractivity contribution < 1.29 is 0 Å². The summed E-state index contributed by atoms with van der Waals surface area (Å²) in [5.74, 6) is 0. The van der Waals surface area contributed by atoms with Crippen molar-refractivity contribution >= 4 is 47.8 Å². The number of rotatable bonds is 17. The van der Waals surface area contributed by atoms with Crippen LogP contribution < -0.4 is 0 Å². The molecule has 0 rings (SSSR count). The molecule has 0 fully saturated rings. The number of halogens is 3. The third-order valence-corrected chi connectivity index (χ3v) is 5.53. The van der Waals surface area contributed by atoms with Crippen molar-refractivity contribution in [3.63, 3.8) is 0 Å². The summed E-state index contributed by atoms with van der Waals surface area (Å²) in [5, 5.41) is 1.18. The molecule has 0 aromatic carbocycles. The molecule has 0 amide bonds. The molecular formula is C18H35Br3. The highest BCUT2D eigenvalue weighted by Crippen LogP contribution is 2.18. The summed E-state index contributed by atoms with van der Waals surface area (Å²) >= 11 is 10.6. The van der Waals surface area contributed by atoms with Crippen LogP contribution in [0.1, 0.15) is 103 Å². The number of alkyl halides is 3. The lowest BCUT2D eigenvalue weighted by molar-refractivity contribution is 0.532. The van der Waals surface area contributed by atoms with Crippen LogP contribution in [0.4, 0.5) is 0 Å². The van der Waals surface area contributed by atoms with Crippen molar-refractivity contribution in [1.82, 2.24) is 0 Å². The minimum absolute atomic E-state index is 0.523. The molecule has 0 bridgehead atoms. The molecule has 0 aliphatic carbocycles. The Labute approximate surface area is 159 Å². The fourth-order valence-electron chi connectivity index (χ4n) is 2.69. The van der Waals surface area contributed by atoms with Crippen LogP contribution in [0, 0.1) is 0 Å². The summed E-state index contributed by atoms with van der Waals surface area (Å²) in [5.41, 5.74) is 0. The van der Waals surface area contributed by atoms with Gasteiger partial charge in [-0.1, -0.05) is 138 Å². The van der Waals surface area contributed by atoms with Crippen LogP contribution in [0.15, 0.2) is 0 Å². The fraction of sp³-hybridized carbons (Fsp3) is 1.00. The van der Waals surface area contributed by atoms with Crippen LogP contribution in [0.25, 0.3) is 0 Å². The Morgan fingerprint density at radius 2 is 0.714 bits per heavy atom. The van der Waals surface area contributed by atoms with Gasteiger partial charge in [0.05, 0.1) is 3.74 Å². The zero-order valence-electron chi connectivity index (χ0n) is 13.7. The predicted octanol–water partition coefficient (Wildman–Crippen LogP) is 8.74. The Morgan fingerprint density at radius 3 is 1.00 bits per heavy atom. The van der Waals surface area contributed by atoms with Gasteiger partial charge in [0.15, 0.2) is 0 Å². The quantitative estimate of drug-likeness (QED) is 0.141. The van der Waals surface area contributed by atoms with E-state index in [1.165, 1.54) is 108 Å². The fourth-order valence-corrected chi connectivity index (χ4v) is 3.74. The van der Waals surface area contributed by atoms with Crippen LogP contribution in [0.2, 0.25) is 0 Å². The second-order valence-corrected chi connectivity index (χ2v) is 10.4. The van der Waals surface area contributed by atoms with Gasteiger partial charge in [-0.3, -0.25) is 0 Å². The molecule has 0 atom stereocenters. The van der Waals surface area contributed by atoms with E-state index < -0.39 is 0 Å². The van der Waals surface area contributed by atoms with Gasteiger partial charge in [0.25, 0.3) is 0 Å². The van der Waals surface area contributed by atoms with Gasteiger partial charge in [-0.05, 0) is 12.8 Å². The normalized spacial score (nSPS) is 11.4. The van der Waals surface area contributed by atoms with E-state index in [0.717, 1.165) is 0 Å². The molecule has 0 spiro atoms. The second kappa shape index (κ2) is 19.5. The molecule has 0 saturated heterocycles. The van der Waals surface area contributed by atoms with Crippen molar-refractivity contribution in [2.45, 2.75) is 106 Å². The highest BCUT2D eigenvalue weighted by atomic mass is 79.9. The van der Waals surface area contributed by atoms with Gasteiger partial charge >= 0.3 is 0 Å². The maximum Gasteiger partial charge on any atom is 0.0697 e. The molecule has 0 radical (unpaired) electrons. The van der Waals surface area contributed by atoms with Crippen LogP contribution in [0.3, 0.4) is 0 Å². The lowest BCUT2D eigenvalue weighted by atomic mass is 10.0. The number of hydrogen-bond acceptors (Lipinski definition) is 0. The van der Waals surface area contributed by atoms with E-state index in [1.54, 1.807) is 0 Å². The molecule has 0 saturated carbocycles. The van der Waals surface area contributed by atoms with Gasteiger partial charge in [-0.25, -0.2) is 0 Å². The molecule has 21 heavy (non-hydrogen) atoms. The maximum absolute atomic E-state index is 3.53. The standard InChI is InChI=1S/C18H35Br3/c19-17-15-13-11-9-7-5-3-1-2-4-6-8-10-12-14-16-18(20)21/h18H,1-17H2. The van der Waals surface area contributed by atoms with E-state index in [9.17, 15) is 0 Å². The summed E-state index contributed by atoms with van der Waals surface area (Å²) in [6, 6.07) is 0. The molecule has 3 heteroatoms. The molecule has 0 unspecified atom stereocenters. The lowest BCUT2D eigenvalue weighted by Gasteiger charge is -2.04. The summed E-state index contributed by atoms with van der Waals surface area (Å²) in [6.45, 7) is 0. The Hall–Kier alpha value is 1.44. The highest BCUT2D eigenvalue weighted by molar-refractivity contribution is 9.24. The Kier molecular flexibility index (Phi) is 20.8. The number of unbranched alkanes of at least 4 members (excludes halogenated alkanes) is 14. The minimum atomic E-state index is 0.523. The molecule has 128 valence electrons. The van der Waals surface area contributed by atoms with E-state index in [2.05, 4.69) is 47.8 Å². The molecule has 0 aliphatic heterocycles. The van der Waals surface area contributed by atoms with Crippen LogP contribution in [-0.2, 0) is 0 Å². The Morgan fingerprint density at radius 1 is 0.429 bits per heavy atom. The Bertz CT molecular complexity index is 183. The van der Waals surface area contributed by atoms with Gasteiger partial charge in [0, 0.05) is 5.33 Å². The van der Waals surface area contributed by atoms with Crippen molar-refractivity contribution in [2.24, 2.45) is 0 Å². The molecule has 0 aromatic rings. The monoisotopic (exact) mass is 488 g/mol. The predicted molar refractivity (Wildman–Crippen MR) is 109 cm³/mol. The van der Waals surface area contributed by atoms with E-state index in [0.29, 0.717) is 3.74 Å². The highest BCUT2D eigenvalue weighted by Gasteiger charge is 1.97.